The van der Waals surface area contributed by atoms with Gasteiger partial charge >= 0.3 is 0 Å². The predicted molar refractivity (Wildman–Crippen MR) is 46.4 cm³/mol. The number of Topliss-reactive ketones (excluding diaryl/α,β-unsaturated/α-hetero) is 1. The van der Waals surface area contributed by atoms with E-state index in [2.05, 4.69) is 12.2 Å². The molecular weight excluding hydrogens is 136 g/mol. The molecule has 1 heteroatoms. The molecular formula is C10H16O. The molecule has 1 nitrogen and oxygen atoms in total. The minimum Gasteiger partial charge on any atom is -0.300 e. The van der Waals surface area contributed by atoms with Gasteiger partial charge in [0.15, 0.2) is 0 Å². The Kier molecular flexibility index (Phi) is 3.34. The molecule has 0 aliphatic heterocycles. The van der Waals surface area contributed by atoms with Gasteiger partial charge in [0, 0.05) is 6.42 Å². The Bertz CT molecular complexity index is 158. The van der Waals surface area contributed by atoms with Crippen LogP contribution in [0.1, 0.15) is 39.0 Å². The van der Waals surface area contributed by atoms with Crippen molar-refractivity contribution >= 4 is 5.78 Å². The molecule has 0 bridgehead atoms. The maximum absolute atomic E-state index is 10.7. The molecule has 0 radical (unpaired) electrons. The van der Waals surface area contributed by atoms with Crippen molar-refractivity contribution in [1.29, 1.82) is 0 Å². The third-order valence-corrected chi connectivity index (χ3v) is 2.22. The van der Waals surface area contributed by atoms with E-state index in [0.717, 1.165) is 12.8 Å². The molecule has 0 heterocycles. The molecule has 0 saturated heterocycles. The lowest BCUT2D eigenvalue weighted by Crippen LogP contribution is -2.02. The van der Waals surface area contributed by atoms with Crippen LogP contribution in [-0.2, 0) is 4.79 Å². The van der Waals surface area contributed by atoms with Crippen LogP contribution in [-0.4, -0.2) is 5.78 Å². The van der Waals surface area contributed by atoms with Gasteiger partial charge in [0.1, 0.15) is 5.78 Å². The van der Waals surface area contributed by atoms with Gasteiger partial charge in [0.05, 0.1) is 0 Å². The quantitative estimate of drug-likeness (QED) is 0.568. The van der Waals surface area contributed by atoms with Crippen molar-refractivity contribution in [1.82, 2.24) is 0 Å². The fourth-order valence-corrected chi connectivity index (χ4v) is 1.51. The van der Waals surface area contributed by atoms with Gasteiger partial charge in [-0.25, -0.2) is 0 Å². The summed E-state index contributed by atoms with van der Waals surface area (Å²) in [6, 6.07) is 0. The van der Waals surface area contributed by atoms with E-state index in [0.29, 0.717) is 11.7 Å². The van der Waals surface area contributed by atoms with Crippen molar-refractivity contribution in [2.45, 2.75) is 39.0 Å². The van der Waals surface area contributed by atoms with Crippen LogP contribution >= 0.6 is 0 Å². The Balaban J connectivity index is 2.20. The Morgan fingerprint density at radius 3 is 3.00 bits per heavy atom. The first-order valence-corrected chi connectivity index (χ1v) is 4.45. The summed E-state index contributed by atoms with van der Waals surface area (Å²) in [5, 5.41) is 0. The molecule has 1 unspecified atom stereocenters. The second-order valence-corrected chi connectivity index (χ2v) is 3.36. The smallest absolute Gasteiger partial charge is 0.129 e. The van der Waals surface area contributed by atoms with Crippen LogP contribution in [0.2, 0.25) is 0 Å². The summed E-state index contributed by atoms with van der Waals surface area (Å²) in [5.74, 6) is 1.01. The van der Waals surface area contributed by atoms with Crippen molar-refractivity contribution in [2.75, 3.05) is 0 Å². The van der Waals surface area contributed by atoms with Crippen molar-refractivity contribution in [3.8, 4) is 0 Å². The van der Waals surface area contributed by atoms with Crippen molar-refractivity contribution in [2.24, 2.45) is 5.92 Å². The number of hydrogen-bond acceptors (Lipinski definition) is 1. The third-order valence-electron chi connectivity index (χ3n) is 2.22. The zero-order chi connectivity index (χ0) is 8.10. The Hall–Kier alpha value is -0.590. The average Bonchev–Trinajstić information content (AvgIpc) is 2.03. The van der Waals surface area contributed by atoms with Crippen molar-refractivity contribution in [3.05, 3.63) is 12.2 Å². The van der Waals surface area contributed by atoms with E-state index in [9.17, 15) is 4.79 Å². The van der Waals surface area contributed by atoms with Gasteiger partial charge in [-0.1, -0.05) is 12.2 Å². The zero-order valence-corrected chi connectivity index (χ0v) is 7.18. The average molecular weight is 152 g/mol. The van der Waals surface area contributed by atoms with Crippen molar-refractivity contribution in [3.63, 3.8) is 0 Å². The van der Waals surface area contributed by atoms with Gasteiger partial charge in [-0.15, -0.1) is 0 Å². The topological polar surface area (TPSA) is 17.1 Å². The summed E-state index contributed by atoms with van der Waals surface area (Å²) in [4.78, 5) is 10.7. The van der Waals surface area contributed by atoms with Crippen LogP contribution in [0.5, 0.6) is 0 Å². The Morgan fingerprint density at radius 1 is 1.64 bits per heavy atom. The lowest BCUT2D eigenvalue weighted by Gasteiger charge is -2.14. The first-order chi connectivity index (χ1) is 5.29. The first-order valence-electron chi connectivity index (χ1n) is 4.45. The number of hydrogen-bond donors (Lipinski definition) is 0. The lowest BCUT2D eigenvalue weighted by molar-refractivity contribution is -0.117. The fourth-order valence-electron chi connectivity index (χ4n) is 1.51. The largest absolute Gasteiger partial charge is 0.300 e. The first kappa shape index (κ1) is 8.51. The van der Waals surface area contributed by atoms with Crippen LogP contribution in [0.15, 0.2) is 12.2 Å². The van der Waals surface area contributed by atoms with E-state index in [1.165, 1.54) is 19.3 Å². The van der Waals surface area contributed by atoms with Crippen LogP contribution in [0.3, 0.4) is 0 Å². The summed E-state index contributed by atoms with van der Waals surface area (Å²) >= 11 is 0. The predicted octanol–water partition coefficient (Wildman–Crippen LogP) is 2.71. The normalized spacial score (nSPS) is 23.5. The number of carbonyl (C=O) groups excluding carboxylic acids is 1. The number of ketones is 1. The molecule has 1 rings (SSSR count). The van der Waals surface area contributed by atoms with Crippen LogP contribution in [0.4, 0.5) is 0 Å². The van der Waals surface area contributed by atoms with E-state index in [1.54, 1.807) is 6.92 Å². The van der Waals surface area contributed by atoms with Crippen LogP contribution in [0.25, 0.3) is 0 Å². The molecule has 11 heavy (non-hydrogen) atoms. The van der Waals surface area contributed by atoms with Gasteiger partial charge in [-0.2, -0.15) is 0 Å². The van der Waals surface area contributed by atoms with Gasteiger partial charge in [-0.05, 0) is 38.5 Å². The third kappa shape index (κ3) is 3.35. The molecule has 0 N–H and O–H groups in total. The summed E-state index contributed by atoms with van der Waals surface area (Å²) in [6.45, 7) is 1.67. The molecule has 0 aromatic heterocycles. The highest BCUT2D eigenvalue weighted by molar-refractivity contribution is 5.75. The molecule has 1 aliphatic carbocycles. The van der Waals surface area contributed by atoms with Gasteiger partial charge in [0.25, 0.3) is 0 Å². The second kappa shape index (κ2) is 4.32. The Morgan fingerprint density at radius 2 is 2.45 bits per heavy atom. The molecule has 1 aliphatic rings. The van der Waals surface area contributed by atoms with Crippen molar-refractivity contribution < 1.29 is 4.79 Å². The molecule has 0 amide bonds. The van der Waals surface area contributed by atoms with E-state index >= 15 is 0 Å². The fraction of sp³-hybridized carbons (Fsp3) is 0.700. The zero-order valence-electron chi connectivity index (χ0n) is 7.18. The molecule has 0 aromatic rings. The van der Waals surface area contributed by atoms with Gasteiger partial charge in [-0.3, -0.25) is 0 Å². The number of carbonyl (C=O) groups is 1. The summed E-state index contributed by atoms with van der Waals surface area (Å²) in [5.41, 5.74) is 0. The minimum atomic E-state index is 0.323. The van der Waals surface area contributed by atoms with Crippen LogP contribution < -0.4 is 0 Å². The minimum absolute atomic E-state index is 0.323. The standard InChI is InChI=1S/C10H16O/c1-9(11)7-8-10-5-3-2-4-6-10/h3,5,10H,2,4,6-8H2,1H3. The number of rotatable bonds is 3. The van der Waals surface area contributed by atoms with Gasteiger partial charge < -0.3 is 4.79 Å². The van der Waals surface area contributed by atoms with E-state index in [1.807, 2.05) is 0 Å². The Labute approximate surface area is 68.5 Å². The highest BCUT2D eigenvalue weighted by Crippen LogP contribution is 2.21. The summed E-state index contributed by atoms with van der Waals surface area (Å²) in [7, 11) is 0. The maximum Gasteiger partial charge on any atom is 0.129 e. The van der Waals surface area contributed by atoms with E-state index in [4.69, 9.17) is 0 Å². The van der Waals surface area contributed by atoms with E-state index < -0.39 is 0 Å². The molecule has 62 valence electrons. The highest BCUT2D eigenvalue weighted by Gasteiger charge is 2.08. The molecule has 1 atom stereocenters. The SMILES string of the molecule is CC(=O)CCC1C=CCCC1. The molecule has 0 fully saturated rings. The number of allylic oxidation sites excluding steroid dienone is 2. The maximum atomic E-state index is 10.7. The molecule has 0 saturated carbocycles. The van der Waals surface area contributed by atoms with Crippen LogP contribution in [0, 0.1) is 5.92 Å². The molecule has 0 aromatic carbocycles. The molecule has 0 spiro atoms. The second-order valence-electron chi connectivity index (χ2n) is 3.36. The highest BCUT2D eigenvalue weighted by atomic mass is 16.1. The lowest BCUT2D eigenvalue weighted by atomic mass is 9.91. The van der Waals surface area contributed by atoms with E-state index in [-0.39, 0.29) is 0 Å². The summed E-state index contributed by atoms with van der Waals surface area (Å²) in [6.07, 6.45) is 10.2. The monoisotopic (exact) mass is 152 g/mol. The summed E-state index contributed by atoms with van der Waals surface area (Å²) < 4.78 is 0. The van der Waals surface area contributed by atoms with Gasteiger partial charge in [0.2, 0.25) is 0 Å².